The predicted octanol–water partition coefficient (Wildman–Crippen LogP) is 0.897. The van der Waals surface area contributed by atoms with Gasteiger partial charge in [0, 0.05) is 12.6 Å². The summed E-state index contributed by atoms with van der Waals surface area (Å²) < 4.78 is 0. The number of aromatic carboxylic acids is 1. The Bertz CT molecular complexity index is 560. The number of anilines is 1. The molecule has 1 atom stereocenters. The molecule has 0 aliphatic heterocycles. The van der Waals surface area contributed by atoms with Crippen LogP contribution in [0.25, 0.3) is 0 Å². The van der Waals surface area contributed by atoms with Gasteiger partial charge in [0.05, 0.1) is 10.5 Å². The van der Waals surface area contributed by atoms with E-state index in [-0.39, 0.29) is 29.9 Å². The lowest BCUT2D eigenvalue weighted by Gasteiger charge is -2.09. The first-order valence-corrected chi connectivity index (χ1v) is 6.07. The van der Waals surface area contributed by atoms with E-state index in [2.05, 4.69) is 5.32 Å². The number of nitrogens with two attached hydrogens (primary N) is 1. The minimum Gasteiger partial charge on any atom is -0.480 e. The van der Waals surface area contributed by atoms with Crippen molar-refractivity contribution in [3.63, 3.8) is 0 Å². The number of carboxylic acid groups (broad SMARTS) is 2. The van der Waals surface area contributed by atoms with Gasteiger partial charge in [0.15, 0.2) is 0 Å². The molecule has 0 aliphatic rings. The minimum atomic E-state index is -1.25. The van der Waals surface area contributed by atoms with E-state index >= 15 is 0 Å². The van der Waals surface area contributed by atoms with Crippen molar-refractivity contribution < 1.29 is 24.7 Å². The Kier molecular flexibility index (Phi) is 5.61. The van der Waals surface area contributed by atoms with Gasteiger partial charge in [-0.25, -0.2) is 4.79 Å². The third kappa shape index (κ3) is 4.73. The lowest BCUT2D eigenvalue weighted by molar-refractivity contribution is -0.384. The standard InChI is InChI=1S/C12H15N3O6/c13-8(12(18)19)2-1-5-14-9-4-3-7(11(16)17)6-10(9)15(20)21/h3-4,6,8,14H,1-2,5,13H2,(H,16,17)(H,18,19)/t8-/m1/s1. The van der Waals surface area contributed by atoms with Crippen LogP contribution in [-0.2, 0) is 4.79 Å². The average Bonchev–Trinajstić information content (AvgIpc) is 2.42. The predicted molar refractivity (Wildman–Crippen MR) is 73.4 cm³/mol. The highest BCUT2D eigenvalue weighted by Gasteiger charge is 2.17. The number of nitro groups is 1. The van der Waals surface area contributed by atoms with E-state index in [1.54, 1.807) is 0 Å². The number of carbonyl (C=O) groups is 2. The van der Waals surface area contributed by atoms with E-state index in [1.807, 2.05) is 0 Å². The number of rotatable bonds is 8. The highest BCUT2D eigenvalue weighted by atomic mass is 16.6. The fraction of sp³-hybridized carbons (Fsp3) is 0.333. The van der Waals surface area contributed by atoms with E-state index < -0.39 is 22.9 Å². The van der Waals surface area contributed by atoms with E-state index in [4.69, 9.17) is 15.9 Å². The summed E-state index contributed by atoms with van der Waals surface area (Å²) in [5.74, 6) is -2.36. The Labute approximate surface area is 119 Å². The van der Waals surface area contributed by atoms with Crippen LogP contribution in [0.15, 0.2) is 18.2 Å². The van der Waals surface area contributed by atoms with E-state index in [0.29, 0.717) is 6.42 Å². The van der Waals surface area contributed by atoms with Crippen molar-refractivity contribution in [2.75, 3.05) is 11.9 Å². The summed E-state index contributed by atoms with van der Waals surface area (Å²) in [5.41, 5.74) is 4.97. The molecule has 0 saturated carbocycles. The molecule has 0 fully saturated rings. The van der Waals surface area contributed by atoms with Gasteiger partial charge < -0.3 is 21.3 Å². The summed E-state index contributed by atoms with van der Waals surface area (Å²) in [5, 5.41) is 31.1. The third-order valence-corrected chi connectivity index (χ3v) is 2.77. The summed E-state index contributed by atoms with van der Waals surface area (Å²) >= 11 is 0. The zero-order valence-electron chi connectivity index (χ0n) is 11.0. The Morgan fingerprint density at radius 2 is 2.05 bits per heavy atom. The molecule has 0 aromatic heterocycles. The second-order valence-electron chi connectivity index (χ2n) is 4.31. The molecule has 0 unspecified atom stereocenters. The van der Waals surface area contributed by atoms with Crippen LogP contribution in [-0.4, -0.2) is 39.7 Å². The molecular weight excluding hydrogens is 282 g/mol. The van der Waals surface area contributed by atoms with Gasteiger partial charge >= 0.3 is 11.9 Å². The SMILES string of the molecule is N[C@H](CCCNc1ccc(C(=O)O)cc1[N+](=O)[O-])C(=O)O. The number of hydrogen-bond acceptors (Lipinski definition) is 6. The smallest absolute Gasteiger partial charge is 0.335 e. The monoisotopic (exact) mass is 297 g/mol. The van der Waals surface area contributed by atoms with Crippen LogP contribution in [0.3, 0.4) is 0 Å². The number of nitrogens with zero attached hydrogens (tertiary/aromatic N) is 1. The van der Waals surface area contributed by atoms with E-state index in [1.165, 1.54) is 12.1 Å². The van der Waals surface area contributed by atoms with Crippen LogP contribution in [0.5, 0.6) is 0 Å². The molecule has 5 N–H and O–H groups in total. The molecule has 0 radical (unpaired) electrons. The maximum absolute atomic E-state index is 10.9. The lowest BCUT2D eigenvalue weighted by atomic mass is 10.1. The van der Waals surface area contributed by atoms with Crippen molar-refractivity contribution in [3.8, 4) is 0 Å². The van der Waals surface area contributed by atoms with Crippen molar-refractivity contribution in [1.29, 1.82) is 0 Å². The van der Waals surface area contributed by atoms with Crippen molar-refractivity contribution in [2.24, 2.45) is 5.73 Å². The molecule has 1 rings (SSSR count). The molecule has 9 heteroatoms. The molecule has 21 heavy (non-hydrogen) atoms. The fourth-order valence-electron chi connectivity index (χ4n) is 1.63. The molecule has 1 aromatic rings. The molecule has 0 heterocycles. The zero-order chi connectivity index (χ0) is 16.0. The summed E-state index contributed by atoms with van der Waals surface area (Å²) in [6.45, 7) is 0.286. The van der Waals surface area contributed by atoms with Crippen LogP contribution in [0.2, 0.25) is 0 Å². The van der Waals surface area contributed by atoms with Gasteiger partial charge in [-0.3, -0.25) is 14.9 Å². The highest BCUT2D eigenvalue weighted by Crippen LogP contribution is 2.25. The van der Waals surface area contributed by atoms with Crippen LogP contribution >= 0.6 is 0 Å². The molecule has 0 aliphatic carbocycles. The number of nitrogens with one attached hydrogen (secondary N) is 1. The van der Waals surface area contributed by atoms with Crippen molar-refractivity contribution in [1.82, 2.24) is 0 Å². The first-order valence-electron chi connectivity index (χ1n) is 6.07. The zero-order valence-corrected chi connectivity index (χ0v) is 11.0. The third-order valence-electron chi connectivity index (χ3n) is 2.77. The number of benzene rings is 1. The highest BCUT2D eigenvalue weighted by molar-refractivity contribution is 5.89. The molecule has 0 saturated heterocycles. The summed E-state index contributed by atoms with van der Waals surface area (Å²) in [7, 11) is 0. The van der Waals surface area contributed by atoms with Gasteiger partial charge in [-0.15, -0.1) is 0 Å². The summed E-state index contributed by atoms with van der Waals surface area (Å²) in [6, 6.07) is 2.55. The molecule has 1 aromatic carbocycles. The maximum Gasteiger partial charge on any atom is 0.335 e. The second-order valence-corrected chi connectivity index (χ2v) is 4.31. The number of carboxylic acids is 2. The van der Waals surface area contributed by atoms with Gasteiger partial charge in [0.2, 0.25) is 0 Å². The summed E-state index contributed by atoms with van der Waals surface area (Å²) in [4.78, 5) is 31.5. The fourth-order valence-corrected chi connectivity index (χ4v) is 1.63. The minimum absolute atomic E-state index is 0.175. The quantitative estimate of drug-likeness (QED) is 0.313. The van der Waals surface area contributed by atoms with Crippen molar-refractivity contribution >= 4 is 23.3 Å². The number of aliphatic carboxylic acids is 1. The van der Waals surface area contributed by atoms with E-state index in [0.717, 1.165) is 6.07 Å². The topological polar surface area (TPSA) is 156 Å². The van der Waals surface area contributed by atoms with Gasteiger partial charge in [-0.2, -0.15) is 0 Å². The van der Waals surface area contributed by atoms with Gasteiger partial charge in [-0.05, 0) is 25.0 Å². The molecular formula is C12H15N3O6. The average molecular weight is 297 g/mol. The Balaban J connectivity index is 2.68. The largest absolute Gasteiger partial charge is 0.480 e. The first kappa shape index (κ1) is 16.4. The summed E-state index contributed by atoms with van der Waals surface area (Å²) in [6.07, 6.45) is 0.634. The van der Waals surface area contributed by atoms with Crippen molar-refractivity contribution in [3.05, 3.63) is 33.9 Å². The number of nitro benzene ring substituents is 1. The molecule has 9 nitrogen and oxygen atoms in total. The first-order chi connectivity index (χ1) is 9.82. The van der Waals surface area contributed by atoms with Gasteiger partial charge in [0.25, 0.3) is 5.69 Å². The van der Waals surface area contributed by atoms with Crippen LogP contribution in [0.1, 0.15) is 23.2 Å². The van der Waals surface area contributed by atoms with Crippen LogP contribution in [0.4, 0.5) is 11.4 Å². The lowest BCUT2D eigenvalue weighted by Crippen LogP contribution is -2.30. The Morgan fingerprint density at radius 3 is 2.57 bits per heavy atom. The molecule has 114 valence electrons. The van der Waals surface area contributed by atoms with Gasteiger partial charge in [0.1, 0.15) is 11.7 Å². The Hall–Kier alpha value is -2.68. The molecule has 0 amide bonds. The normalized spacial score (nSPS) is 11.7. The Morgan fingerprint density at radius 1 is 1.38 bits per heavy atom. The molecule has 0 spiro atoms. The number of hydrogen-bond donors (Lipinski definition) is 4. The second kappa shape index (κ2) is 7.20. The molecule has 0 bridgehead atoms. The van der Waals surface area contributed by atoms with Crippen LogP contribution in [0, 0.1) is 10.1 Å². The van der Waals surface area contributed by atoms with Crippen LogP contribution < -0.4 is 11.1 Å². The van der Waals surface area contributed by atoms with E-state index in [9.17, 15) is 19.7 Å². The van der Waals surface area contributed by atoms with Gasteiger partial charge in [-0.1, -0.05) is 0 Å². The van der Waals surface area contributed by atoms with Crippen molar-refractivity contribution in [2.45, 2.75) is 18.9 Å². The maximum atomic E-state index is 10.9.